The zero-order chi connectivity index (χ0) is 13.8. The first-order valence-electron chi connectivity index (χ1n) is 6.35. The van der Waals surface area contributed by atoms with Gasteiger partial charge >= 0.3 is 0 Å². The largest absolute Gasteiger partial charge is 0.373 e. The molecular weight excluding hydrogens is 244 g/mol. The number of aromatic nitrogens is 1. The van der Waals surface area contributed by atoms with Crippen LogP contribution < -0.4 is 16.0 Å². The third kappa shape index (κ3) is 3.67. The van der Waals surface area contributed by atoms with Crippen LogP contribution >= 0.6 is 0 Å². The average Bonchev–Trinajstić information content (AvgIpc) is 3.22. The molecule has 102 valence electrons. The van der Waals surface area contributed by atoms with Crippen LogP contribution in [-0.4, -0.2) is 35.9 Å². The van der Waals surface area contributed by atoms with Crippen molar-refractivity contribution in [2.24, 2.45) is 0 Å². The fraction of sp³-hybridized carbons (Fsp3) is 0.462. The van der Waals surface area contributed by atoms with E-state index in [1.165, 1.54) is 6.20 Å². The molecule has 0 spiro atoms. The second-order valence-electron chi connectivity index (χ2n) is 4.66. The van der Waals surface area contributed by atoms with E-state index in [1.807, 2.05) is 0 Å². The molecule has 1 fully saturated rings. The SMILES string of the molecule is CNc1ccc(C(=O)NC(C)C(=O)NC2CC2)cn1. The highest BCUT2D eigenvalue weighted by Crippen LogP contribution is 2.18. The predicted octanol–water partition coefficient (Wildman–Crippen LogP) is 0.520. The first-order chi connectivity index (χ1) is 9.10. The van der Waals surface area contributed by atoms with Crippen molar-refractivity contribution >= 4 is 17.6 Å². The molecule has 19 heavy (non-hydrogen) atoms. The molecule has 1 saturated carbocycles. The van der Waals surface area contributed by atoms with Crippen molar-refractivity contribution in [3.05, 3.63) is 23.9 Å². The summed E-state index contributed by atoms with van der Waals surface area (Å²) in [4.78, 5) is 27.7. The van der Waals surface area contributed by atoms with Crippen molar-refractivity contribution in [1.82, 2.24) is 15.6 Å². The molecule has 0 saturated heterocycles. The second-order valence-corrected chi connectivity index (χ2v) is 4.66. The number of hydrogen-bond donors (Lipinski definition) is 3. The lowest BCUT2D eigenvalue weighted by atomic mass is 10.2. The molecule has 3 N–H and O–H groups in total. The third-order valence-corrected chi connectivity index (χ3v) is 2.95. The Hall–Kier alpha value is -2.11. The number of pyridine rings is 1. The molecular formula is C13H18N4O2. The lowest BCUT2D eigenvalue weighted by Crippen LogP contribution is -2.45. The smallest absolute Gasteiger partial charge is 0.253 e. The van der Waals surface area contributed by atoms with Gasteiger partial charge in [-0.25, -0.2) is 4.98 Å². The molecule has 1 aromatic heterocycles. The number of rotatable bonds is 5. The number of nitrogens with one attached hydrogen (secondary N) is 3. The summed E-state index contributed by atoms with van der Waals surface area (Å²) in [5.41, 5.74) is 0.435. The summed E-state index contributed by atoms with van der Waals surface area (Å²) < 4.78 is 0. The zero-order valence-corrected chi connectivity index (χ0v) is 11.1. The van der Waals surface area contributed by atoms with Crippen molar-refractivity contribution in [2.75, 3.05) is 12.4 Å². The molecule has 1 unspecified atom stereocenters. The normalized spacial score (nSPS) is 15.5. The van der Waals surface area contributed by atoms with Crippen LogP contribution in [0, 0.1) is 0 Å². The van der Waals surface area contributed by atoms with E-state index in [1.54, 1.807) is 26.1 Å². The molecule has 1 aromatic rings. The summed E-state index contributed by atoms with van der Waals surface area (Å²) in [6, 6.07) is 3.13. The van der Waals surface area contributed by atoms with Gasteiger partial charge in [-0.3, -0.25) is 9.59 Å². The molecule has 0 aromatic carbocycles. The fourth-order valence-electron chi connectivity index (χ4n) is 1.58. The molecule has 1 aliphatic carbocycles. The van der Waals surface area contributed by atoms with Gasteiger partial charge < -0.3 is 16.0 Å². The lowest BCUT2D eigenvalue weighted by molar-refractivity contribution is -0.122. The monoisotopic (exact) mass is 262 g/mol. The molecule has 6 nitrogen and oxygen atoms in total. The maximum atomic E-state index is 11.9. The molecule has 0 aliphatic heterocycles. The molecule has 0 bridgehead atoms. The van der Waals surface area contributed by atoms with Crippen LogP contribution in [0.2, 0.25) is 0 Å². The van der Waals surface area contributed by atoms with Gasteiger partial charge in [-0.05, 0) is 31.9 Å². The Morgan fingerprint density at radius 2 is 2.11 bits per heavy atom. The predicted molar refractivity (Wildman–Crippen MR) is 71.9 cm³/mol. The van der Waals surface area contributed by atoms with E-state index >= 15 is 0 Å². The van der Waals surface area contributed by atoms with Crippen LogP contribution in [0.5, 0.6) is 0 Å². The Morgan fingerprint density at radius 3 is 2.63 bits per heavy atom. The summed E-state index contributed by atoms with van der Waals surface area (Å²) >= 11 is 0. The maximum Gasteiger partial charge on any atom is 0.253 e. The minimum atomic E-state index is -0.544. The summed E-state index contributed by atoms with van der Waals surface area (Å²) in [7, 11) is 1.76. The minimum absolute atomic E-state index is 0.143. The van der Waals surface area contributed by atoms with E-state index in [0.29, 0.717) is 17.4 Å². The highest BCUT2D eigenvalue weighted by atomic mass is 16.2. The Balaban J connectivity index is 1.89. The Kier molecular flexibility index (Phi) is 3.99. The van der Waals surface area contributed by atoms with Crippen LogP contribution in [0.1, 0.15) is 30.1 Å². The van der Waals surface area contributed by atoms with Crippen molar-refractivity contribution in [1.29, 1.82) is 0 Å². The summed E-state index contributed by atoms with van der Waals surface area (Å²) in [5.74, 6) is 0.250. The van der Waals surface area contributed by atoms with Crippen LogP contribution in [-0.2, 0) is 4.79 Å². The van der Waals surface area contributed by atoms with Gasteiger partial charge in [0.2, 0.25) is 5.91 Å². The van der Waals surface area contributed by atoms with E-state index in [4.69, 9.17) is 0 Å². The summed E-state index contributed by atoms with van der Waals surface area (Å²) in [6.07, 6.45) is 3.54. The van der Waals surface area contributed by atoms with Crippen LogP contribution in [0.3, 0.4) is 0 Å². The number of nitrogens with zero attached hydrogens (tertiary/aromatic N) is 1. The standard InChI is InChI=1S/C13H18N4O2/c1-8(12(18)17-10-4-5-10)16-13(19)9-3-6-11(14-2)15-7-9/h3,6-8,10H,4-5H2,1-2H3,(H,14,15)(H,16,19)(H,17,18). The minimum Gasteiger partial charge on any atom is -0.373 e. The van der Waals surface area contributed by atoms with E-state index in [0.717, 1.165) is 12.8 Å². The fourth-order valence-corrected chi connectivity index (χ4v) is 1.58. The third-order valence-electron chi connectivity index (χ3n) is 2.95. The van der Waals surface area contributed by atoms with Crippen LogP contribution in [0.4, 0.5) is 5.82 Å². The molecule has 6 heteroatoms. The maximum absolute atomic E-state index is 11.9. The number of amides is 2. The highest BCUT2D eigenvalue weighted by Gasteiger charge is 2.26. The number of hydrogen-bond acceptors (Lipinski definition) is 4. The van der Waals surface area contributed by atoms with E-state index in [9.17, 15) is 9.59 Å². The average molecular weight is 262 g/mol. The molecule has 1 heterocycles. The van der Waals surface area contributed by atoms with Gasteiger partial charge in [0.25, 0.3) is 5.91 Å². The second kappa shape index (κ2) is 5.69. The molecule has 1 aliphatic rings. The van der Waals surface area contributed by atoms with Gasteiger partial charge in [-0.15, -0.1) is 0 Å². The number of carbonyl (C=O) groups excluding carboxylic acids is 2. The van der Waals surface area contributed by atoms with Gasteiger partial charge in [0.05, 0.1) is 5.56 Å². The van der Waals surface area contributed by atoms with Gasteiger partial charge in [-0.2, -0.15) is 0 Å². The summed E-state index contributed by atoms with van der Waals surface area (Å²) in [6.45, 7) is 1.67. The van der Waals surface area contributed by atoms with Crippen molar-refractivity contribution in [3.8, 4) is 0 Å². The molecule has 1 atom stereocenters. The van der Waals surface area contributed by atoms with Crippen molar-refractivity contribution in [2.45, 2.75) is 31.8 Å². The van der Waals surface area contributed by atoms with Gasteiger partial charge in [0.15, 0.2) is 0 Å². The highest BCUT2D eigenvalue weighted by molar-refractivity contribution is 5.97. The lowest BCUT2D eigenvalue weighted by Gasteiger charge is -2.13. The van der Waals surface area contributed by atoms with Gasteiger partial charge in [0, 0.05) is 19.3 Å². The Bertz CT molecular complexity index is 468. The number of carbonyl (C=O) groups is 2. The van der Waals surface area contributed by atoms with Crippen LogP contribution in [0.25, 0.3) is 0 Å². The zero-order valence-electron chi connectivity index (χ0n) is 11.1. The topological polar surface area (TPSA) is 83.1 Å². The first kappa shape index (κ1) is 13.3. The molecule has 2 rings (SSSR count). The number of anilines is 1. The first-order valence-corrected chi connectivity index (χ1v) is 6.35. The van der Waals surface area contributed by atoms with E-state index in [2.05, 4.69) is 20.9 Å². The van der Waals surface area contributed by atoms with E-state index < -0.39 is 6.04 Å². The van der Waals surface area contributed by atoms with Crippen molar-refractivity contribution in [3.63, 3.8) is 0 Å². The quantitative estimate of drug-likeness (QED) is 0.722. The Morgan fingerprint density at radius 1 is 1.37 bits per heavy atom. The van der Waals surface area contributed by atoms with Crippen LogP contribution in [0.15, 0.2) is 18.3 Å². The summed E-state index contributed by atoms with van der Waals surface area (Å²) in [5, 5.41) is 8.38. The molecule has 2 amide bonds. The molecule has 0 radical (unpaired) electrons. The van der Waals surface area contributed by atoms with E-state index in [-0.39, 0.29) is 11.8 Å². The van der Waals surface area contributed by atoms with Gasteiger partial charge in [-0.1, -0.05) is 0 Å². The van der Waals surface area contributed by atoms with Gasteiger partial charge in [0.1, 0.15) is 11.9 Å². The Labute approximate surface area is 112 Å². The van der Waals surface area contributed by atoms with Crippen molar-refractivity contribution < 1.29 is 9.59 Å².